The summed E-state index contributed by atoms with van der Waals surface area (Å²) in [6.45, 7) is 3.00. The van der Waals surface area contributed by atoms with E-state index in [9.17, 15) is 8.78 Å². The lowest BCUT2D eigenvalue weighted by molar-refractivity contribution is 0.151. The van der Waals surface area contributed by atoms with Gasteiger partial charge in [-0.15, -0.1) is 0 Å². The van der Waals surface area contributed by atoms with Gasteiger partial charge in [-0.1, -0.05) is 24.6 Å². The molecule has 1 aromatic rings. The maximum Gasteiger partial charge on any atom is 0.263 e. The Hall–Kier alpha value is -0.960. The summed E-state index contributed by atoms with van der Waals surface area (Å²) in [4.78, 5) is 2.34. The summed E-state index contributed by atoms with van der Waals surface area (Å²) in [6, 6.07) is 6.77. The molecule has 1 saturated heterocycles. The molecule has 0 aromatic heterocycles. The zero-order chi connectivity index (χ0) is 11.4. The average molecular weight is 225 g/mol. The summed E-state index contributed by atoms with van der Waals surface area (Å²) in [6.07, 6.45) is 1.40. The van der Waals surface area contributed by atoms with Gasteiger partial charge in [-0.25, -0.2) is 8.78 Å². The number of piperidine rings is 1. The number of nitrogens with zero attached hydrogens (tertiary/aromatic N) is 1. The van der Waals surface area contributed by atoms with Crippen LogP contribution in [-0.2, 0) is 6.54 Å². The van der Waals surface area contributed by atoms with Crippen molar-refractivity contribution in [2.24, 2.45) is 0 Å². The summed E-state index contributed by atoms with van der Waals surface area (Å²) < 4.78 is 25.0. The predicted octanol–water partition coefficient (Wildman–Crippen LogP) is 3.61. The molecule has 1 fully saturated rings. The van der Waals surface area contributed by atoms with Gasteiger partial charge >= 0.3 is 0 Å². The Morgan fingerprint density at radius 1 is 1.12 bits per heavy atom. The number of likely N-dealkylation sites (tertiary alicyclic amines) is 1. The number of halogens is 2. The van der Waals surface area contributed by atoms with Gasteiger partial charge in [0.2, 0.25) is 0 Å². The van der Waals surface area contributed by atoms with E-state index < -0.39 is 6.43 Å². The first-order valence-electron chi connectivity index (χ1n) is 5.85. The lowest BCUT2D eigenvalue weighted by atomic mass is 10.1. The van der Waals surface area contributed by atoms with Crippen molar-refractivity contribution in [2.75, 3.05) is 13.1 Å². The van der Waals surface area contributed by atoms with Crippen molar-refractivity contribution in [3.63, 3.8) is 0 Å². The van der Waals surface area contributed by atoms with Gasteiger partial charge in [0.15, 0.2) is 0 Å². The Labute approximate surface area is 95.1 Å². The fourth-order valence-corrected chi connectivity index (χ4v) is 2.20. The van der Waals surface area contributed by atoms with Crippen LogP contribution in [0.25, 0.3) is 0 Å². The molecule has 0 amide bonds. The molecule has 88 valence electrons. The van der Waals surface area contributed by atoms with Crippen LogP contribution in [0.1, 0.15) is 36.8 Å². The third-order valence-corrected chi connectivity index (χ3v) is 3.06. The normalized spacial score (nSPS) is 17.9. The molecule has 1 aromatic carbocycles. The van der Waals surface area contributed by atoms with E-state index in [1.807, 2.05) is 6.07 Å². The van der Waals surface area contributed by atoms with Crippen molar-refractivity contribution < 1.29 is 8.78 Å². The Morgan fingerprint density at radius 3 is 2.56 bits per heavy atom. The summed E-state index contributed by atoms with van der Waals surface area (Å²) >= 11 is 0. The molecule has 16 heavy (non-hydrogen) atoms. The van der Waals surface area contributed by atoms with E-state index in [1.165, 1.54) is 25.3 Å². The average Bonchev–Trinajstić information content (AvgIpc) is 2.30. The molecule has 3 heteroatoms. The predicted molar refractivity (Wildman–Crippen MR) is 60.5 cm³/mol. The number of hydrogen-bond donors (Lipinski definition) is 0. The number of hydrogen-bond acceptors (Lipinski definition) is 1. The van der Waals surface area contributed by atoms with Crippen LogP contribution >= 0.6 is 0 Å². The first-order valence-corrected chi connectivity index (χ1v) is 5.85. The summed E-state index contributed by atoms with van der Waals surface area (Å²) in [5.41, 5.74) is 1.13. The molecule has 0 radical (unpaired) electrons. The van der Waals surface area contributed by atoms with Gasteiger partial charge in [-0.3, -0.25) is 4.90 Å². The second-order valence-corrected chi connectivity index (χ2v) is 4.38. The standard InChI is InChI=1S/C13H17F2N/c14-13(15)12-6-4-5-11(9-12)10-16-7-2-1-3-8-16/h4-6,9,13H,1-3,7-8,10H2. The van der Waals surface area contributed by atoms with Crippen LogP contribution in [0.2, 0.25) is 0 Å². The van der Waals surface area contributed by atoms with E-state index in [2.05, 4.69) is 4.90 Å². The lowest BCUT2D eigenvalue weighted by Gasteiger charge is -2.26. The van der Waals surface area contributed by atoms with Crippen molar-refractivity contribution in [1.29, 1.82) is 0 Å². The highest BCUT2D eigenvalue weighted by Gasteiger charge is 2.12. The van der Waals surface area contributed by atoms with Crippen LogP contribution in [0.5, 0.6) is 0 Å². The van der Waals surface area contributed by atoms with Gasteiger partial charge in [0.25, 0.3) is 6.43 Å². The minimum atomic E-state index is -2.36. The molecular weight excluding hydrogens is 208 g/mol. The van der Waals surface area contributed by atoms with E-state index in [-0.39, 0.29) is 5.56 Å². The molecule has 0 N–H and O–H groups in total. The highest BCUT2D eigenvalue weighted by molar-refractivity contribution is 5.24. The Bertz CT molecular complexity index is 332. The second kappa shape index (κ2) is 5.39. The van der Waals surface area contributed by atoms with Gasteiger partial charge < -0.3 is 0 Å². The molecule has 2 rings (SSSR count). The fraction of sp³-hybridized carbons (Fsp3) is 0.538. The second-order valence-electron chi connectivity index (χ2n) is 4.38. The smallest absolute Gasteiger partial charge is 0.263 e. The maximum absolute atomic E-state index is 12.5. The molecule has 0 unspecified atom stereocenters. The summed E-state index contributed by atoms with van der Waals surface area (Å²) in [5, 5.41) is 0. The fourth-order valence-electron chi connectivity index (χ4n) is 2.20. The molecule has 0 spiro atoms. The van der Waals surface area contributed by atoms with Crippen molar-refractivity contribution in [2.45, 2.75) is 32.2 Å². The lowest BCUT2D eigenvalue weighted by Crippen LogP contribution is -2.29. The van der Waals surface area contributed by atoms with Crippen molar-refractivity contribution in [1.82, 2.24) is 4.90 Å². The Kier molecular flexibility index (Phi) is 3.88. The van der Waals surface area contributed by atoms with E-state index in [0.29, 0.717) is 0 Å². The highest BCUT2D eigenvalue weighted by atomic mass is 19.3. The minimum absolute atomic E-state index is 0.134. The van der Waals surface area contributed by atoms with E-state index >= 15 is 0 Å². The van der Waals surface area contributed by atoms with E-state index in [0.717, 1.165) is 25.2 Å². The molecule has 1 nitrogen and oxygen atoms in total. The number of benzene rings is 1. The Balaban J connectivity index is 2.00. The summed E-state index contributed by atoms with van der Waals surface area (Å²) in [5.74, 6) is 0. The monoisotopic (exact) mass is 225 g/mol. The van der Waals surface area contributed by atoms with Gasteiger partial charge in [0.05, 0.1) is 0 Å². The zero-order valence-corrected chi connectivity index (χ0v) is 9.33. The molecule has 1 aliphatic heterocycles. The molecule has 0 bridgehead atoms. The van der Waals surface area contributed by atoms with Crippen LogP contribution in [0.4, 0.5) is 8.78 Å². The highest BCUT2D eigenvalue weighted by Crippen LogP contribution is 2.21. The van der Waals surface area contributed by atoms with Crippen LogP contribution < -0.4 is 0 Å². The van der Waals surface area contributed by atoms with Crippen LogP contribution in [0.3, 0.4) is 0 Å². The largest absolute Gasteiger partial charge is 0.299 e. The van der Waals surface area contributed by atoms with Crippen molar-refractivity contribution >= 4 is 0 Å². The van der Waals surface area contributed by atoms with E-state index in [1.54, 1.807) is 12.1 Å². The molecule has 0 saturated carbocycles. The first-order chi connectivity index (χ1) is 7.75. The van der Waals surface area contributed by atoms with Gasteiger partial charge in [-0.05, 0) is 37.6 Å². The molecule has 1 heterocycles. The van der Waals surface area contributed by atoms with Crippen LogP contribution in [0, 0.1) is 0 Å². The SMILES string of the molecule is FC(F)c1cccc(CN2CCCCC2)c1. The third-order valence-electron chi connectivity index (χ3n) is 3.06. The molecule has 0 atom stereocenters. The quantitative estimate of drug-likeness (QED) is 0.759. The maximum atomic E-state index is 12.5. The molecule has 0 aliphatic carbocycles. The van der Waals surface area contributed by atoms with E-state index in [4.69, 9.17) is 0 Å². The van der Waals surface area contributed by atoms with Crippen LogP contribution in [0.15, 0.2) is 24.3 Å². The van der Waals surface area contributed by atoms with Crippen molar-refractivity contribution in [3.8, 4) is 0 Å². The van der Waals surface area contributed by atoms with Gasteiger partial charge in [-0.2, -0.15) is 0 Å². The first kappa shape index (κ1) is 11.5. The third kappa shape index (κ3) is 3.01. The number of alkyl halides is 2. The molecule has 1 aliphatic rings. The van der Waals surface area contributed by atoms with Crippen LogP contribution in [-0.4, -0.2) is 18.0 Å². The minimum Gasteiger partial charge on any atom is -0.299 e. The van der Waals surface area contributed by atoms with Crippen molar-refractivity contribution in [3.05, 3.63) is 35.4 Å². The topological polar surface area (TPSA) is 3.24 Å². The molecular formula is C13H17F2N. The Morgan fingerprint density at radius 2 is 1.88 bits per heavy atom. The van der Waals surface area contributed by atoms with Gasteiger partial charge in [0.1, 0.15) is 0 Å². The number of rotatable bonds is 3. The zero-order valence-electron chi connectivity index (χ0n) is 9.33. The summed E-state index contributed by atoms with van der Waals surface area (Å²) in [7, 11) is 0. The van der Waals surface area contributed by atoms with Gasteiger partial charge in [0, 0.05) is 12.1 Å².